The van der Waals surface area contributed by atoms with E-state index in [1.165, 1.54) is 0 Å². The summed E-state index contributed by atoms with van der Waals surface area (Å²) in [5.74, 6) is 0.892. The maximum Gasteiger partial charge on any atom is 0.234 e. The zero-order valence-electron chi connectivity index (χ0n) is 10.8. The van der Waals surface area contributed by atoms with Crippen molar-refractivity contribution in [1.82, 2.24) is 25.1 Å². The van der Waals surface area contributed by atoms with Gasteiger partial charge in [0.2, 0.25) is 4.96 Å². The van der Waals surface area contributed by atoms with E-state index in [1.54, 1.807) is 11.3 Å². The van der Waals surface area contributed by atoms with E-state index in [4.69, 9.17) is 4.74 Å². The van der Waals surface area contributed by atoms with E-state index in [1.807, 2.05) is 4.52 Å². The summed E-state index contributed by atoms with van der Waals surface area (Å²) in [5, 5.41) is 17.3. The fourth-order valence-electron chi connectivity index (χ4n) is 1.95. The first-order valence-electron chi connectivity index (χ1n) is 6.10. The largest absolute Gasteiger partial charge is 0.368 e. The Morgan fingerprint density at radius 1 is 1.39 bits per heavy atom. The van der Waals surface area contributed by atoms with Crippen molar-refractivity contribution in [3.63, 3.8) is 0 Å². The molecule has 1 aliphatic rings. The molecule has 1 unspecified atom stereocenters. The number of rotatable bonds is 1. The molecule has 0 bridgehead atoms. The van der Waals surface area contributed by atoms with Gasteiger partial charge in [-0.05, 0) is 0 Å². The van der Waals surface area contributed by atoms with Crippen LogP contribution in [-0.4, -0.2) is 39.5 Å². The molecule has 3 heterocycles. The van der Waals surface area contributed by atoms with Crippen LogP contribution in [0.25, 0.3) is 4.96 Å². The molecule has 98 valence electrons. The number of hydrogen-bond acceptors (Lipinski definition) is 6. The summed E-state index contributed by atoms with van der Waals surface area (Å²) < 4.78 is 7.56. The van der Waals surface area contributed by atoms with Crippen LogP contribution in [-0.2, 0) is 10.2 Å². The zero-order valence-corrected chi connectivity index (χ0v) is 11.6. The van der Waals surface area contributed by atoms with Crippen molar-refractivity contribution in [1.29, 1.82) is 0 Å². The number of aromatic nitrogens is 4. The highest BCUT2D eigenvalue weighted by Crippen LogP contribution is 2.27. The summed E-state index contributed by atoms with van der Waals surface area (Å²) >= 11 is 1.55. The van der Waals surface area contributed by atoms with Gasteiger partial charge in [-0.2, -0.15) is 9.61 Å². The van der Waals surface area contributed by atoms with Gasteiger partial charge in [-0.3, -0.25) is 0 Å². The predicted octanol–water partition coefficient (Wildman–Crippen LogP) is 1.14. The maximum absolute atomic E-state index is 5.71. The van der Waals surface area contributed by atoms with E-state index in [0.29, 0.717) is 0 Å². The molecule has 0 aliphatic carbocycles. The molecule has 0 amide bonds. The average Bonchev–Trinajstić information content (AvgIpc) is 2.87. The molecule has 1 atom stereocenters. The summed E-state index contributed by atoms with van der Waals surface area (Å²) in [7, 11) is 0. The normalized spacial score (nSPS) is 21.6. The number of nitrogens with one attached hydrogen (secondary N) is 1. The number of hydrogen-bond donors (Lipinski definition) is 1. The first-order chi connectivity index (χ1) is 8.55. The second-order valence-electron chi connectivity index (χ2n) is 5.47. The lowest BCUT2D eigenvalue weighted by Gasteiger charge is -2.21. The van der Waals surface area contributed by atoms with E-state index in [9.17, 15) is 0 Å². The second-order valence-corrected chi connectivity index (χ2v) is 6.46. The van der Waals surface area contributed by atoms with Crippen molar-refractivity contribution in [2.45, 2.75) is 32.3 Å². The molecule has 6 nitrogen and oxygen atoms in total. The molecule has 1 aliphatic heterocycles. The molecule has 3 rings (SSSR count). The molecule has 0 saturated carbocycles. The molecule has 1 saturated heterocycles. The molecular formula is C11H17N5OS. The van der Waals surface area contributed by atoms with Crippen LogP contribution in [0.5, 0.6) is 0 Å². The Hall–Kier alpha value is -1.05. The Bertz CT molecular complexity index is 549. The number of fused-ring (bicyclic) bond motifs is 1. The van der Waals surface area contributed by atoms with Gasteiger partial charge in [0.05, 0.1) is 6.61 Å². The smallest absolute Gasteiger partial charge is 0.234 e. The number of morpholine rings is 1. The molecule has 1 fully saturated rings. The fourth-order valence-corrected chi connectivity index (χ4v) is 2.84. The highest BCUT2D eigenvalue weighted by atomic mass is 32.1. The highest BCUT2D eigenvalue weighted by molar-refractivity contribution is 7.16. The van der Waals surface area contributed by atoms with E-state index in [0.717, 1.165) is 35.5 Å². The standard InChI is InChI=1S/C11H17N5OS/c1-11(2,3)9-13-14-10-16(9)15-8(18-10)7-6-12-4-5-17-7/h7,12H,4-6H2,1-3H3. The molecule has 1 N–H and O–H groups in total. The van der Waals surface area contributed by atoms with Crippen LogP contribution in [0.3, 0.4) is 0 Å². The third-order valence-corrected chi connectivity index (χ3v) is 3.87. The lowest BCUT2D eigenvalue weighted by Crippen LogP contribution is -2.33. The molecule has 0 aromatic carbocycles. The van der Waals surface area contributed by atoms with E-state index in [2.05, 4.69) is 41.4 Å². The summed E-state index contributed by atoms with van der Waals surface area (Å²) in [6.07, 6.45) is 0.0401. The van der Waals surface area contributed by atoms with Gasteiger partial charge in [0.15, 0.2) is 5.82 Å². The van der Waals surface area contributed by atoms with Gasteiger partial charge in [0.1, 0.15) is 11.1 Å². The molecule has 7 heteroatoms. The van der Waals surface area contributed by atoms with Gasteiger partial charge in [0, 0.05) is 18.5 Å². The first kappa shape index (κ1) is 12.0. The summed E-state index contributed by atoms with van der Waals surface area (Å²) in [5.41, 5.74) is -0.0591. The van der Waals surface area contributed by atoms with E-state index >= 15 is 0 Å². The lowest BCUT2D eigenvalue weighted by molar-refractivity contribution is 0.0270. The van der Waals surface area contributed by atoms with Crippen molar-refractivity contribution < 1.29 is 4.74 Å². The van der Waals surface area contributed by atoms with Crippen molar-refractivity contribution in [2.24, 2.45) is 0 Å². The van der Waals surface area contributed by atoms with Gasteiger partial charge in [-0.25, -0.2) is 0 Å². The van der Waals surface area contributed by atoms with Crippen molar-refractivity contribution in [3.05, 3.63) is 10.8 Å². The molecule has 18 heavy (non-hydrogen) atoms. The first-order valence-corrected chi connectivity index (χ1v) is 6.92. The third-order valence-electron chi connectivity index (χ3n) is 2.88. The minimum absolute atomic E-state index is 0.0401. The van der Waals surface area contributed by atoms with Gasteiger partial charge in [-0.15, -0.1) is 10.2 Å². The monoisotopic (exact) mass is 267 g/mol. The maximum atomic E-state index is 5.71. The minimum Gasteiger partial charge on any atom is -0.368 e. The Labute approximate surface area is 109 Å². The van der Waals surface area contributed by atoms with Gasteiger partial charge >= 0.3 is 0 Å². The molecule has 0 spiro atoms. The topological polar surface area (TPSA) is 64.3 Å². The number of ether oxygens (including phenoxy) is 1. The van der Waals surface area contributed by atoms with Crippen LogP contribution in [0.1, 0.15) is 37.7 Å². The van der Waals surface area contributed by atoms with Crippen molar-refractivity contribution in [3.8, 4) is 0 Å². The van der Waals surface area contributed by atoms with Crippen LogP contribution in [0.2, 0.25) is 0 Å². The minimum atomic E-state index is -0.0591. The van der Waals surface area contributed by atoms with Crippen molar-refractivity contribution in [2.75, 3.05) is 19.7 Å². The Morgan fingerprint density at radius 3 is 2.89 bits per heavy atom. The molecule has 2 aromatic rings. The molecule has 0 radical (unpaired) electrons. The van der Waals surface area contributed by atoms with Crippen LogP contribution >= 0.6 is 11.3 Å². The Kier molecular flexibility index (Phi) is 2.84. The Balaban J connectivity index is 1.98. The van der Waals surface area contributed by atoms with Gasteiger partial charge in [-0.1, -0.05) is 32.1 Å². The lowest BCUT2D eigenvalue weighted by atomic mass is 9.96. The van der Waals surface area contributed by atoms with Crippen LogP contribution < -0.4 is 5.32 Å². The SMILES string of the molecule is CC(C)(C)c1nnc2sc(C3CNCCO3)nn12. The van der Waals surface area contributed by atoms with Gasteiger partial charge in [0.25, 0.3) is 0 Å². The van der Waals surface area contributed by atoms with Crippen LogP contribution in [0, 0.1) is 0 Å². The predicted molar refractivity (Wildman–Crippen MR) is 68.9 cm³/mol. The zero-order chi connectivity index (χ0) is 12.8. The summed E-state index contributed by atoms with van der Waals surface area (Å²) in [6.45, 7) is 8.79. The van der Waals surface area contributed by atoms with Crippen LogP contribution in [0.4, 0.5) is 0 Å². The fraction of sp³-hybridized carbons (Fsp3) is 0.727. The van der Waals surface area contributed by atoms with Crippen molar-refractivity contribution >= 4 is 16.3 Å². The highest BCUT2D eigenvalue weighted by Gasteiger charge is 2.26. The second kappa shape index (κ2) is 4.25. The van der Waals surface area contributed by atoms with E-state index in [-0.39, 0.29) is 11.5 Å². The van der Waals surface area contributed by atoms with Gasteiger partial charge < -0.3 is 10.1 Å². The number of nitrogens with zero attached hydrogens (tertiary/aromatic N) is 4. The quantitative estimate of drug-likeness (QED) is 0.839. The average molecular weight is 267 g/mol. The van der Waals surface area contributed by atoms with Crippen LogP contribution in [0.15, 0.2) is 0 Å². The summed E-state index contributed by atoms with van der Waals surface area (Å²) in [6, 6.07) is 0. The van der Waals surface area contributed by atoms with E-state index < -0.39 is 0 Å². The molecular weight excluding hydrogens is 250 g/mol. The Morgan fingerprint density at radius 2 is 2.22 bits per heavy atom. The molecule has 2 aromatic heterocycles. The third kappa shape index (κ3) is 2.02. The summed E-state index contributed by atoms with van der Waals surface area (Å²) in [4.78, 5) is 0.837.